The van der Waals surface area contributed by atoms with Crippen LogP contribution in [0.5, 0.6) is 5.88 Å². The Bertz CT molecular complexity index is 1740. The van der Waals surface area contributed by atoms with Crippen LogP contribution < -0.4 is 9.64 Å². The Morgan fingerprint density at radius 1 is 1.14 bits per heavy atom. The van der Waals surface area contributed by atoms with Crippen molar-refractivity contribution in [2.45, 2.75) is 45.4 Å². The summed E-state index contributed by atoms with van der Waals surface area (Å²) >= 11 is 0. The van der Waals surface area contributed by atoms with Crippen LogP contribution in [0.25, 0.3) is 16.6 Å². The van der Waals surface area contributed by atoms with Crippen molar-refractivity contribution < 1.29 is 23.4 Å². The molecule has 0 unspecified atom stereocenters. The predicted molar refractivity (Wildman–Crippen MR) is 159 cm³/mol. The Hall–Kier alpha value is -4.75. The van der Waals surface area contributed by atoms with Crippen molar-refractivity contribution in [2.75, 3.05) is 31.7 Å². The molecule has 220 valence electrons. The van der Waals surface area contributed by atoms with Gasteiger partial charge in [-0.3, -0.25) is 0 Å². The Balaban J connectivity index is 1.18. The topological polar surface area (TPSA) is 102 Å². The third-order valence-electron chi connectivity index (χ3n) is 8.17. The molecule has 0 aliphatic carbocycles. The highest BCUT2D eigenvalue weighted by molar-refractivity contribution is 5.94. The van der Waals surface area contributed by atoms with Gasteiger partial charge in [-0.25, -0.2) is 14.2 Å². The van der Waals surface area contributed by atoms with Gasteiger partial charge in [0.2, 0.25) is 5.88 Å². The molecule has 2 aromatic carbocycles. The van der Waals surface area contributed by atoms with Gasteiger partial charge in [0, 0.05) is 31.3 Å². The number of allylic oxidation sites excluding steroid dienone is 1. The van der Waals surface area contributed by atoms with Crippen molar-refractivity contribution in [3.05, 3.63) is 88.5 Å². The number of piperidine rings is 1. The highest BCUT2D eigenvalue weighted by Crippen LogP contribution is 2.32. The maximum Gasteiger partial charge on any atom is 0.337 e. The van der Waals surface area contributed by atoms with Crippen LogP contribution in [0.3, 0.4) is 0 Å². The zero-order valence-electron chi connectivity index (χ0n) is 24.2. The number of ether oxygens (including phenoxy) is 3. The quantitative estimate of drug-likeness (QED) is 0.245. The van der Waals surface area contributed by atoms with Crippen LogP contribution >= 0.6 is 0 Å². The monoisotopic (exact) mass is 581 g/mol. The van der Waals surface area contributed by atoms with E-state index in [4.69, 9.17) is 24.5 Å². The van der Waals surface area contributed by atoms with Gasteiger partial charge in [-0.05, 0) is 68.2 Å². The van der Waals surface area contributed by atoms with E-state index in [1.165, 1.54) is 18.7 Å². The number of imidazole rings is 1. The lowest BCUT2D eigenvalue weighted by molar-refractivity contribution is -0.0587. The number of aromatic nitrogens is 3. The smallest absolute Gasteiger partial charge is 0.337 e. The van der Waals surface area contributed by atoms with E-state index in [9.17, 15) is 9.18 Å². The predicted octanol–water partition coefficient (Wildman–Crippen LogP) is 5.67. The summed E-state index contributed by atoms with van der Waals surface area (Å²) in [5, 5.41) is 8.95. The summed E-state index contributed by atoms with van der Waals surface area (Å²) in [5.41, 5.74) is 5.34. The van der Waals surface area contributed by atoms with Crippen LogP contribution in [0.2, 0.25) is 0 Å². The molecule has 9 nitrogen and oxygen atoms in total. The fourth-order valence-electron chi connectivity index (χ4n) is 5.56. The maximum absolute atomic E-state index is 14.3. The average Bonchev–Trinajstić information content (AvgIpc) is 3.39. The Morgan fingerprint density at radius 2 is 1.95 bits per heavy atom. The first-order chi connectivity index (χ1) is 20.9. The first-order valence-corrected chi connectivity index (χ1v) is 14.4. The third-order valence-corrected chi connectivity index (χ3v) is 8.17. The summed E-state index contributed by atoms with van der Waals surface area (Å²) in [5.74, 6) is 1.28. The molecular formula is C33H32FN5O4. The molecule has 0 N–H and O–H groups in total. The van der Waals surface area contributed by atoms with Crippen molar-refractivity contribution in [2.24, 2.45) is 0 Å². The maximum atomic E-state index is 14.3. The average molecular weight is 582 g/mol. The van der Waals surface area contributed by atoms with Crippen LogP contribution in [0.1, 0.15) is 53.5 Å². The lowest BCUT2D eigenvalue weighted by atomic mass is 9.98. The van der Waals surface area contributed by atoms with Gasteiger partial charge in [0.25, 0.3) is 0 Å². The summed E-state index contributed by atoms with van der Waals surface area (Å²) in [6.07, 6.45) is 2.84. The van der Waals surface area contributed by atoms with E-state index < -0.39 is 5.82 Å². The number of hydrogen-bond donors (Lipinski definition) is 0. The van der Waals surface area contributed by atoms with Gasteiger partial charge in [0.15, 0.2) is 0 Å². The highest BCUT2D eigenvalue weighted by atomic mass is 19.1. The molecule has 6 rings (SSSR count). The summed E-state index contributed by atoms with van der Waals surface area (Å²) in [4.78, 5) is 24.1. The van der Waals surface area contributed by atoms with Gasteiger partial charge in [-0.1, -0.05) is 17.7 Å². The zero-order valence-corrected chi connectivity index (χ0v) is 24.2. The first kappa shape index (κ1) is 28.4. The van der Waals surface area contributed by atoms with E-state index in [0.717, 1.165) is 67.2 Å². The zero-order chi connectivity index (χ0) is 29.9. The minimum absolute atomic E-state index is 0.0219. The van der Waals surface area contributed by atoms with Crippen LogP contribution in [0, 0.1) is 17.1 Å². The first-order valence-electron chi connectivity index (χ1n) is 14.4. The Kier molecular flexibility index (Phi) is 8.07. The van der Waals surface area contributed by atoms with Gasteiger partial charge in [0.05, 0.1) is 48.0 Å². The lowest BCUT2D eigenvalue weighted by Gasteiger charge is -2.31. The summed E-state index contributed by atoms with van der Waals surface area (Å²) in [6, 6.07) is 17.3. The molecule has 4 aromatic rings. The minimum Gasteiger partial charge on any atom is -0.473 e. The van der Waals surface area contributed by atoms with Crippen LogP contribution in [0.15, 0.2) is 60.2 Å². The fourth-order valence-corrected chi connectivity index (χ4v) is 5.56. The largest absolute Gasteiger partial charge is 0.473 e. The molecule has 0 amide bonds. The fraction of sp³-hybridized carbons (Fsp3) is 0.333. The second-order valence-electron chi connectivity index (χ2n) is 10.8. The number of methoxy groups -OCH3 is 1. The second-order valence-corrected chi connectivity index (χ2v) is 10.8. The number of hydrogen-bond acceptors (Lipinski definition) is 8. The second kappa shape index (κ2) is 12.2. The molecule has 0 bridgehead atoms. The molecule has 2 fully saturated rings. The van der Waals surface area contributed by atoms with Gasteiger partial charge in [-0.2, -0.15) is 10.2 Å². The molecule has 10 heteroatoms. The molecular weight excluding hydrogens is 549 g/mol. The van der Waals surface area contributed by atoms with E-state index in [0.29, 0.717) is 23.6 Å². The third kappa shape index (κ3) is 5.94. The number of carbonyl (C=O) groups is 1. The summed E-state index contributed by atoms with van der Waals surface area (Å²) in [7, 11) is 1.38. The highest BCUT2D eigenvalue weighted by Gasteiger charge is 2.25. The SMILES string of the molecule is COC(=O)c1ccc2nc(C(C)=C3CCN(c4cccc(OCc5ccc(C#N)cc5F)n4)CC3)n(C[C@@H]3CCO3)c2c1. The summed E-state index contributed by atoms with van der Waals surface area (Å²) < 4.78 is 32.9. The van der Waals surface area contributed by atoms with Crippen molar-refractivity contribution in [3.63, 3.8) is 0 Å². The van der Waals surface area contributed by atoms with Gasteiger partial charge in [-0.15, -0.1) is 0 Å². The molecule has 2 aliphatic rings. The standard InChI is InChI=1S/C33H32FN5O4/c1-21(32-36-28-9-8-24(33(40)41-2)17-29(28)39(32)19-26-12-15-42-26)23-10-13-38(14-11-23)30-4-3-5-31(37-30)43-20-25-7-6-22(18-35)16-27(25)34/h3-9,16-17,26H,10-15,19-20H2,1-2H3/t26-/m0/s1. The number of fused-ring (bicyclic) bond motifs is 1. The van der Waals surface area contributed by atoms with E-state index in [-0.39, 0.29) is 24.2 Å². The molecule has 0 radical (unpaired) electrons. The summed E-state index contributed by atoms with van der Waals surface area (Å²) in [6.45, 7) is 5.16. The van der Waals surface area contributed by atoms with Gasteiger partial charge in [0.1, 0.15) is 24.1 Å². The number of pyridine rings is 1. The number of anilines is 1. The molecule has 0 spiro atoms. The van der Waals surface area contributed by atoms with E-state index in [1.54, 1.807) is 24.3 Å². The number of halogens is 1. The van der Waals surface area contributed by atoms with Crippen LogP contribution in [0.4, 0.5) is 10.2 Å². The molecule has 1 atom stereocenters. The number of carbonyl (C=O) groups excluding carboxylic acids is 1. The van der Waals surface area contributed by atoms with Gasteiger partial charge < -0.3 is 23.7 Å². The molecule has 4 heterocycles. The Morgan fingerprint density at radius 3 is 2.65 bits per heavy atom. The van der Waals surface area contributed by atoms with Gasteiger partial charge >= 0.3 is 5.97 Å². The van der Waals surface area contributed by atoms with Crippen molar-refractivity contribution in [1.29, 1.82) is 5.26 Å². The number of rotatable bonds is 8. The Labute approximate surface area is 249 Å². The van der Waals surface area contributed by atoms with Crippen LogP contribution in [-0.2, 0) is 22.6 Å². The molecule has 2 saturated heterocycles. The van der Waals surface area contributed by atoms with Crippen LogP contribution in [-0.4, -0.2) is 53.4 Å². The van der Waals surface area contributed by atoms with E-state index >= 15 is 0 Å². The number of benzene rings is 2. The number of nitrogens with zero attached hydrogens (tertiary/aromatic N) is 5. The number of esters is 1. The molecule has 2 aliphatic heterocycles. The minimum atomic E-state index is -0.474. The number of nitriles is 1. The van der Waals surface area contributed by atoms with E-state index in [1.807, 2.05) is 30.3 Å². The normalized spacial score (nSPS) is 16.5. The van der Waals surface area contributed by atoms with Crippen molar-refractivity contribution in [3.8, 4) is 11.9 Å². The molecule has 2 aromatic heterocycles. The van der Waals surface area contributed by atoms with E-state index in [2.05, 4.69) is 21.4 Å². The van der Waals surface area contributed by atoms with Crippen molar-refractivity contribution in [1.82, 2.24) is 14.5 Å². The van der Waals surface area contributed by atoms with Crippen molar-refractivity contribution >= 4 is 28.4 Å². The lowest BCUT2D eigenvalue weighted by Crippen LogP contribution is -2.32. The molecule has 0 saturated carbocycles. The molecule has 43 heavy (non-hydrogen) atoms.